The van der Waals surface area contributed by atoms with Crippen LogP contribution in [0.2, 0.25) is 25.7 Å². The Morgan fingerprint density at radius 3 is 2.80 bits per heavy atom. The molecule has 162 valence electrons. The zero-order valence-electron chi connectivity index (χ0n) is 17.6. The summed E-state index contributed by atoms with van der Waals surface area (Å²) in [6, 6.07) is 6.67. The lowest BCUT2D eigenvalue weighted by molar-refractivity contribution is 0.0898. The van der Waals surface area contributed by atoms with Gasteiger partial charge in [-0.05, 0) is 28.0 Å². The third kappa shape index (κ3) is 6.24. The number of anilines is 1. The van der Waals surface area contributed by atoms with E-state index in [2.05, 4.69) is 55.8 Å². The van der Waals surface area contributed by atoms with Crippen LogP contribution in [-0.4, -0.2) is 52.5 Å². The van der Waals surface area contributed by atoms with Gasteiger partial charge in [-0.2, -0.15) is 0 Å². The largest absolute Gasteiger partial charge is 0.475 e. The number of nitrogens with zero attached hydrogens (tertiary/aromatic N) is 4. The molecule has 0 aliphatic rings. The standard InChI is InChI=1S/C20H28BrN5O3Si/c1-30(2,3)10-9-28-14-26-12-16(21)18-19(23-13-24-20(18)26)22-11-15-5-4-6-17(25-15)29-8-7-27/h4-6,12-13,27H,7-11,14H2,1-3H3,(H,22,23,24). The van der Waals surface area contributed by atoms with Crippen molar-refractivity contribution in [1.29, 1.82) is 0 Å². The van der Waals surface area contributed by atoms with E-state index < -0.39 is 8.07 Å². The molecule has 0 aliphatic carbocycles. The Balaban J connectivity index is 1.69. The molecule has 0 saturated carbocycles. The summed E-state index contributed by atoms with van der Waals surface area (Å²) in [5, 5.41) is 13.1. The maximum absolute atomic E-state index is 8.89. The molecule has 8 nitrogen and oxygen atoms in total. The van der Waals surface area contributed by atoms with E-state index in [1.54, 1.807) is 12.4 Å². The third-order valence-electron chi connectivity index (χ3n) is 4.39. The average Bonchev–Trinajstić information content (AvgIpc) is 3.04. The number of aliphatic hydroxyl groups is 1. The fourth-order valence-corrected chi connectivity index (χ4v) is 4.18. The van der Waals surface area contributed by atoms with Gasteiger partial charge in [0.1, 0.15) is 31.1 Å². The lowest BCUT2D eigenvalue weighted by Gasteiger charge is -2.15. The van der Waals surface area contributed by atoms with Crippen molar-refractivity contribution >= 4 is 40.9 Å². The van der Waals surface area contributed by atoms with Crippen molar-refractivity contribution in [3.63, 3.8) is 0 Å². The summed E-state index contributed by atoms with van der Waals surface area (Å²) in [7, 11) is -1.11. The zero-order chi connectivity index (χ0) is 21.6. The van der Waals surface area contributed by atoms with Gasteiger partial charge in [-0.1, -0.05) is 25.7 Å². The predicted molar refractivity (Wildman–Crippen MR) is 123 cm³/mol. The topological polar surface area (TPSA) is 94.3 Å². The number of nitrogens with one attached hydrogen (secondary N) is 1. The molecule has 30 heavy (non-hydrogen) atoms. The molecular weight excluding hydrogens is 466 g/mol. The second kappa shape index (κ2) is 10.3. The van der Waals surface area contributed by atoms with Crippen LogP contribution in [0.3, 0.4) is 0 Å². The first-order valence-corrected chi connectivity index (χ1v) is 14.4. The van der Waals surface area contributed by atoms with Crippen LogP contribution < -0.4 is 10.1 Å². The summed E-state index contributed by atoms with van der Waals surface area (Å²) in [5.74, 6) is 1.20. The number of aliphatic hydroxyl groups excluding tert-OH is 1. The highest BCUT2D eigenvalue weighted by atomic mass is 79.9. The quantitative estimate of drug-likeness (QED) is 0.309. The van der Waals surface area contributed by atoms with Gasteiger partial charge in [0, 0.05) is 31.4 Å². The lowest BCUT2D eigenvalue weighted by atomic mass is 10.3. The molecule has 10 heteroatoms. The minimum atomic E-state index is -1.11. The number of aromatic nitrogens is 4. The van der Waals surface area contributed by atoms with Gasteiger partial charge in [-0.3, -0.25) is 0 Å². The molecule has 0 aromatic carbocycles. The van der Waals surface area contributed by atoms with E-state index in [0.29, 0.717) is 19.2 Å². The molecule has 0 radical (unpaired) electrons. The van der Waals surface area contributed by atoms with Crippen LogP contribution in [0.5, 0.6) is 5.88 Å². The molecule has 0 aliphatic heterocycles. The smallest absolute Gasteiger partial charge is 0.213 e. The maximum atomic E-state index is 8.89. The lowest BCUT2D eigenvalue weighted by Crippen LogP contribution is -2.22. The van der Waals surface area contributed by atoms with Gasteiger partial charge in [0.05, 0.1) is 24.2 Å². The number of halogens is 1. The van der Waals surface area contributed by atoms with Crippen molar-refractivity contribution in [1.82, 2.24) is 19.5 Å². The minimum Gasteiger partial charge on any atom is -0.475 e. The predicted octanol–water partition coefficient (Wildman–Crippen LogP) is 3.88. The molecule has 0 fully saturated rings. The maximum Gasteiger partial charge on any atom is 0.213 e. The van der Waals surface area contributed by atoms with E-state index in [-0.39, 0.29) is 13.2 Å². The van der Waals surface area contributed by atoms with E-state index in [1.807, 2.05) is 22.9 Å². The first kappa shape index (κ1) is 22.7. The van der Waals surface area contributed by atoms with Crippen LogP contribution in [0, 0.1) is 0 Å². The van der Waals surface area contributed by atoms with Crippen LogP contribution in [0.4, 0.5) is 5.82 Å². The van der Waals surface area contributed by atoms with Crippen LogP contribution >= 0.6 is 15.9 Å². The number of fused-ring (bicyclic) bond motifs is 1. The molecule has 0 bridgehead atoms. The van der Waals surface area contributed by atoms with E-state index in [0.717, 1.165) is 39.7 Å². The summed E-state index contributed by atoms with van der Waals surface area (Å²) in [5.41, 5.74) is 1.61. The van der Waals surface area contributed by atoms with E-state index in [4.69, 9.17) is 14.6 Å². The Kier molecular flexibility index (Phi) is 7.81. The van der Waals surface area contributed by atoms with Crippen molar-refractivity contribution in [2.45, 2.75) is 39.0 Å². The SMILES string of the molecule is C[Si](C)(C)CCOCn1cc(Br)c2c(NCc3cccc(OCCO)n3)ncnc21. The van der Waals surface area contributed by atoms with Gasteiger partial charge in [-0.25, -0.2) is 15.0 Å². The monoisotopic (exact) mass is 493 g/mol. The molecule has 3 aromatic heterocycles. The van der Waals surface area contributed by atoms with E-state index in [1.165, 1.54) is 0 Å². The van der Waals surface area contributed by atoms with Crippen molar-refractivity contribution in [2.24, 2.45) is 0 Å². The van der Waals surface area contributed by atoms with Gasteiger partial charge in [0.25, 0.3) is 0 Å². The summed E-state index contributed by atoms with van der Waals surface area (Å²) in [6.07, 6.45) is 3.52. The number of ether oxygens (including phenoxy) is 2. The molecular formula is C20H28BrN5O3Si. The highest BCUT2D eigenvalue weighted by Crippen LogP contribution is 2.30. The molecule has 3 heterocycles. The first-order chi connectivity index (χ1) is 14.4. The zero-order valence-corrected chi connectivity index (χ0v) is 20.1. The normalized spacial score (nSPS) is 11.8. The van der Waals surface area contributed by atoms with Crippen LogP contribution in [0.25, 0.3) is 11.0 Å². The van der Waals surface area contributed by atoms with Crippen LogP contribution in [-0.2, 0) is 18.0 Å². The number of rotatable bonds is 11. The van der Waals surface area contributed by atoms with Crippen molar-refractivity contribution in [2.75, 3.05) is 25.1 Å². The highest BCUT2D eigenvalue weighted by Gasteiger charge is 2.15. The molecule has 0 unspecified atom stereocenters. The van der Waals surface area contributed by atoms with Crippen molar-refractivity contribution in [3.05, 3.63) is 40.9 Å². The van der Waals surface area contributed by atoms with Gasteiger partial charge >= 0.3 is 0 Å². The van der Waals surface area contributed by atoms with Gasteiger partial charge < -0.3 is 24.5 Å². The molecule has 0 amide bonds. The van der Waals surface area contributed by atoms with Crippen molar-refractivity contribution < 1.29 is 14.6 Å². The number of hydrogen-bond acceptors (Lipinski definition) is 7. The Morgan fingerprint density at radius 2 is 2.03 bits per heavy atom. The Labute approximate surface area is 185 Å². The van der Waals surface area contributed by atoms with Gasteiger partial charge in [-0.15, -0.1) is 0 Å². The fraction of sp³-hybridized carbons (Fsp3) is 0.450. The molecule has 2 N–H and O–H groups in total. The molecule has 0 atom stereocenters. The Morgan fingerprint density at radius 1 is 1.20 bits per heavy atom. The summed E-state index contributed by atoms with van der Waals surface area (Å²) < 4.78 is 14.1. The molecule has 3 aromatic rings. The summed E-state index contributed by atoms with van der Waals surface area (Å²) in [6.45, 7) is 8.88. The molecule has 0 saturated heterocycles. The minimum absolute atomic E-state index is 0.0457. The highest BCUT2D eigenvalue weighted by molar-refractivity contribution is 9.10. The Hall–Kier alpha value is -2.01. The van der Waals surface area contributed by atoms with Crippen LogP contribution in [0.1, 0.15) is 5.69 Å². The number of pyridine rings is 1. The van der Waals surface area contributed by atoms with Crippen LogP contribution in [0.15, 0.2) is 35.2 Å². The average molecular weight is 494 g/mol. The Bertz CT molecular complexity index is 977. The third-order valence-corrected chi connectivity index (χ3v) is 6.70. The number of hydrogen-bond donors (Lipinski definition) is 2. The summed E-state index contributed by atoms with van der Waals surface area (Å²) in [4.78, 5) is 13.3. The van der Waals surface area contributed by atoms with Gasteiger partial charge in [0.2, 0.25) is 5.88 Å². The molecule has 0 spiro atoms. The van der Waals surface area contributed by atoms with E-state index >= 15 is 0 Å². The van der Waals surface area contributed by atoms with Gasteiger partial charge in [0.15, 0.2) is 0 Å². The van der Waals surface area contributed by atoms with Crippen molar-refractivity contribution in [3.8, 4) is 5.88 Å². The van der Waals surface area contributed by atoms with E-state index in [9.17, 15) is 0 Å². The first-order valence-electron chi connectivity index (χ1n) is 9.88. The molecule has 3 rings (SSSR count). The fourth-order valence-electron chi connectivity index (χ4n) is 2.81. The summed E-state index contributed by atoms with van der Waals surface area (Å²) >= 11 is 3.63. The second-order valence-electron chi connectivity index (χ2n) is 8.11. The second-order valence-corrected chi connectivity index (χ2v) is 14.6.